The molecule has 0 aliphatic heterocycles. The molecule has 8 heavy (non-hydrogen) atoms. The van der Waals surface area contributed by atoms with Crippen molar-refractivity contribution in [2.45, 2.75) is 13.1 Å². The summed E-state index contributed by atoms with van der Waals surface area (Å²) in [5.74, 6) is 0. The van der Waals surface area contributed by atoms with E-state index in [1.165, 1.54) is 13.1 Å². The summed E-state index contributed by atoms with van der Waals surface area (Å²) in [5, 5.41) is 6.03. The monoisotopic (exact) mass is 113 g/mol. The van der Waals surface area contributed by atoms with Gasteiger partial charge in [-0.15, -0.1) is 0 Å². The largest absolute Gasteiger partial charge is 0.285 e. The van der Waals surface area contributed by atoms with E-state index in [2.05, 4.69) is 16.3 Å². The molecule has 2 nitrogen and oxygen atoms in total. The van der Waals surface area contributed by atoms with Gasteiger partial charge in [0.15, 0.2) is 0 Å². The van der Waals surface area contributed by atoms with Gasteiger partial charge in [0.2, 0.25) is 0 Å². The first-order valence-corrected chi connectivity index (χ1v) is 2.36. The molecule has 0 bridgehead atoms. The number of hydrogen-bond acceptors (Lipinski definition) is 1. The number of rotatable bonds is 1. The zero-order chi connectivity index (χ0) is 5.98. The predicted octanol–water partition coefficient (Wildman–Crippen LogP) is 1.24. The van der Waals surface area contributed by atoms with Crippen molar-refractivity contribution in [2.75, 3.05) is 0 Å². The van der Waals surface area contributed by atoms with Crippen molar-refractivity contribution >= 4 is 0 Å². The Labute approximate surface area is 46.7 Å². The number of alkyl halides is 1. The predicted molar refractivity (Wildman–Crippen MR) is 26.9 cm³/mol. The summed E-state index contributed by atoms with van der Waals surface area (Å²) in [4.78, 5) is 0. The topological polar surface area (TPSA) is 28.7 Å². The van der Waals surface area contributed by atoms with Gasteiger partial charge in [-0.3, -0.25) is 5.10 Å². The van der Waals surface area contributed by atoms with Crippen LogP contribution in [0.4, 0.5) is 4.39 Å². The number of aromatic nitrogens is 2. The lowest BCUT2D eigenvalue weighted by atomic mass is 10.3. The molecule has 0 spiro atoms. The van der Waals surface area contributed by atoms with E-state index in [0.717, 1.165) is 0 Å². The number of hydrogen-bond donors (Lipinski definition) is 1. The molecule has 0 saturated heterocycles. The van der Waals surface area contributed by atoms with E-state index >= 15 is 0 Å². The molecule has 1 heterocycles. The summed E-state index contributed by atoms with van der Waals surface area (Å²) in [7, 11) is 0. The number of nitrogens with one attached hydrogen (secondary N) is 1. The van der Waals surface area contributed by atoms with Gasteiger partial charge in [0.05, 0.1) is 0 Å². The molecule has 0 aromatic carbocycles. The minimum absolute atomic E-state index is 0.338. The summed E-state index contributed by atoms with van der Waals surface area (Å²) in [6.07, 6.45) is 0.465. The van der Waals surface area contributed by atoms with Crippen LogP contribution in [0, 0.1) is 6.07 Å². The Kier molecular flexibility index (Phi) is 1.28. The van der Waals surface area contributed by atoms with Crippen LogP contribution in [0.3, 0.4) is 0 Å². The standard InChI is InChI=1S/C5H6FN2/c1-4(6)5-2-3-7-8-5/h3-4H,1H3,(H,7,8). The smallest absolute Gasteiger partial charge is 0.142 e. The van der Waals surface area contributed by atoms with E-state index in [0.29, 0.717) is 5.69 Å². The Hall–Kier alpha value is -0.860. The zero-order valence-electron chi connectivity index (χ0n) is 4.48. The average molecular weight is 113 g/mol. The lowest BCUT2D eigenvalue weighted by Crippen LogP contribution is -1.83. The summed E-state index contributed by atoms with van der Waals surface area (Å²) in [6.45, 7) is 1.42. The highest BCUT2D eigenvalue weighted by Crippen LogP contribution is 2.09. The molecule has 0 aliphatic carbocycles. The van der Waals surface area contributed by atoms with Crippen molar-refractivity contribution in [3.05, 3.63) is 18.0 Å². The molecule has 0 aliphatic rings. The fraction of sp³-hybridized carbons (Fsp3) is 0.400. The van der Waals surface area contributed by atoms with Gasteiger partial charge in [-0.2, -0.15) is 5.10 Å². The summed E-state index contributed by atoms with van der Waals surface area (Å²) < 4.78 is 12.2. The lowest BCUT2D eigenvalue weighted by molar-refractivity contribution is 0.365. The molecule has 1 aromatic rings. The average Bonchev–Trinajstić information content (AvgIpc) is 2.12. The molecule has 1 aromatic heterocycles. The molecule has 1 radical (unpaired) electrons. The Bertz CT molecular complexity index is 145. The van der Waals surface area contributed by atoms with Crippen LogP contribution in [0.1, 0.15) is 18.8 Å². The normalized spacial score (nSPS) is 13.8. The molecule has 1 unspecified atom stereocenters. The first kappa shape index (κ1) is 5.28. The molecule has 0 fully saturated rings. The van der Waals surface area contributed by atoms with Gasteiger partial charge in [-0.1, -0.05) is 0 Å². The fourth-order valence-electron chi connectivity index (χ4n) is 0.444. The lowest BCUT2D eigenvalue weighted by Gasteiger charge is -1.89. The summed E-state index contributed by atoms with van der Waals surface area (Å²) in [6, 6.07) is 2.59. The van der Waals surface area contributed by atoms with Crippen LogP contribution in [0.5, 0.6) is 0 Å². The third-order valence-electron chi connectivity index (χ3n) is 0.846. The van der Waals surface area contributed by atoms with Gasteiger partial charge in [-0.25, -0.2) is 4.39 Å². The van der Waals surface area contributed by atoms with E-state index < -0.39 is 6.17 Å². The quantitative estimate of drug-likeness (QED) is 0.583. The number of aromatic amines is 1. The molecule has 43 valence electrons. The van der Waals surface area contributed by atoms with Gasteiger partial charge >= 0.3 is 0 Å². The first-order valence-electron chi connectivity index (χ1n) is 2.36. The Morgan fingerprint density at radius 1 is 2.00 bits per heavy atom. The van der Waals surface area contributed by atoms with Crippen LogP contribution in [-0.4, -0.2) is 10.2 Å². The second-order valence-corrected chi connectivity index (χ2v) is 1.53. The van der Waals surface area contributed by atoms with E-state index in [9.17, 15) is 4.39 Å². The molecule has 1 atom stereocenters. The molecule has 1 N–H and O–H groups in total. The van der Waals surface area contributed by atoms with Crippen molar-refractivity contribution in [1.29, 1.82) is 0 Å². The van der Waals surface area contributed by atoms with Crippen molar-refractivity contribution < 1.29 is 4.39 Å². The van der Waals surface area contributed by atoms with Crippen LogP contribution in [0.25, 0.3) is 0 Å². The fourth-order valence-corrected chi connectivity index (χ4v) is 0.444. The molecule has 0 amide bonds. The molecule has 0 saturated carbocycles. The third-order valence-corrected chi connectivity index (χ3v) is 0.846. The maximum atomic E-state index is 12.2. The van der Waals surface area contributed by atoms with Crippen LogP contribution in [0.2, 0.25) is 0 Å². The molecule has 1 rings (SSSR count). The van der Waals surface area contributed by atoms with Gasteiger partial charge in [0.1, 0.15) is 11.9 Å². The van der Waals surface area contributed by atoms with Gasteiger partial charge in [0, 0.05) is 12.3 Å². The number of nitrogens with zero attached hydrogens (tertiary/aromatic N) is 1. The molecule has 3 heteroatoms. The van der Waals surface area contributed by atoms with Crippen LogP contribution >= 0.6 is 0 Å². The maximum Gasteiger partial charge on any atom is 0.142 e. The highest BCUT2D eigenvalue weighted by atomic mass is 19.1. The van der Waals surface area contributed by atoms with E-state index in [-0.39, 0.29) is 0 Å². The highest BCUT2D eigenvalue weighted by Gasteiger charge is 2.02. The Morgan fingerprint density at radius 3 is 3.00 bits per heavy atom. The van der Waals surface area contributed by atoms with Crippen LogP contribution < -0.4 is 0 Å². The third kappa shape index (κ3) is 0.857. The van der Waals surface area contributed by atoms with Crippen molar-refractivity contribution in [3.63, 3.8) is 0 Å². The first-order chi connectivity index (χ1) is 3.80. The second-order valence-electron chi connectivity index (χ2n) is 1.53. The SMILES string of the molecule is CC(F)c1[c]c[nH]n1. The van der Waals surface area contributed by atoms with E-state index in [1.54, 1.807) is 0 Å². The highest BCUT2D eigenvalue weighted by molar-refractivity contribution is 4.97. The Morgan fingerprint density at radius 2 is 2.75 bits per heavy atom. The van der Waals surface area contributed by atoms with Gasteiger partial charge in [0.25, 0.3) is 0 Å². The van der Waals surface area contributed by atoms with Gasteiger partial charge in [-0.05, 0) is 6.92 Å². The van der Waals surface area contributed by atoms with Crippen LogP contribution in [0.15, 0.2) is 6.20 Å². The van der Waals surface area contributed by atoms with Crippen molar-refractivity contribution in [2.24, 2.45) is 0 Å². The molecular formula is C5H6FN2. The maximum absolute atomic E-state index is 12.2. The Balaban J connectivity index is 2.77. The second kappa shape index (κ2) is 1.94. The van der Waals surface area contributed by atoms with Crippen LogP contribution in [-0.2, 0) is 0 Å². The molecular weight excluding hydrogens is 107 g/mol. The number of halogens is 1. The van der Waals surface area contributed by atoms with Gasteiger partial charge < -0.3 is 0 Å². The minimum atomic E-state index is -1.01. The summed E-state index contributed by atoms with van der Waals surface area (Å²) >= 11 is 0. The zero-order valence-corrected chi connectivity index (χ0v) is 4.48. The van der Waals surface area contributed by atoms with E-state index in [4.69, 9.17) is 0 Å². The van der Waals surface area contributed by atoms with Crippen molar-refractivity contribution in [1.82, 2.24) is 10.2 Å². The minimum Gasteiger partial charge on any atom is -0.285 e. The van der Waals surface area contributed by atoms with Crippen molar-refractivity contribution in [3.8, 4) is 0 Å². The number of H-pyrrole nitrogens is 1. The summed E-state index contributed by atoms with van der Waals surface area (Å²) in [5.41, 5.74) is 0.338. The van der Waals surface area contributed by atoms with E-state index in [1.807, 2.05) is 0 Å².